The van der Waals surface area contributed by atoms with Crippen LogP contribution in [-0.2, 0) is 4.79 Å². The van der Waals surface area contributed by atoms with Gasteiger partial charge in [0.15, 0.2) is 11.5 Å². The molecule has 1 heterocycles. The SMILES string of the molecule is C[C@H]([C@H](C(=O)O)c1ccc2c(c1)OCO2)C(F)(F)F. The van der Waals surface area contributed by atoms with Gasteiger partial charge in [0.1, 0.15) is 0 Å². The zero-order chi connectivity index (χ0) is 14.2. The Morgan fingerprint density at radius 2 is 1.95 bits per heavy atom. The number of aliphatic carboxylic acids is 1. The second-order valence-corrected chi connectivity index (χ2v) is 4.26. The molecule has 0 amide bonds. The van der Waals surface area contributed by atoms with Crippen molar-refractivity contribution in [1.82, 2.24) is 0 Å². The van der Waals surface area contributed by atoms with Crippen LogP contribution >= 0.6 is 0 Å². The van der Waals surface area contributed by atoms with Gasteiger partial charge in [-0.1, -0.05) is 13.0 Å². The fraction of sp³-hybridized carbons (Fsp3) is 0.417. The van der Waals surface area contributed by atoms with Gasteiger partial charge in [-0.05, 0) is 17.7 Å². The lowest BCUT2D eigenvalue weighted by Crippen LogP contribution is -2.31. The Labute approximate surface area is 106 Å². The lowest BCUT2D eigenvalue weighted by atomic mass is 9.86. The Morgan fingerprint density at radius 3 is 2.53 bits per heavy atom. The van der Waals surface area contributed by atoms with Gasteiger partial charge in [-0.25, -0.2) is 0 Å². The Balaban J connectivity index is 2.37. The quantitative estimate of drug-likeness (QED) is 0.922. The second-order valence-electron chi connectivity index (χ2n) is 4.26. The van der Waals surface area contributed by atoms with Crippen molar-refractivity contribution in [2.45, 2.75) is 19.0 Å². The molecule has 0 bridgehead atoms. The van der Waals surface area contributed by atoms with E-state index in [2.05, 4.69) is 0 Å². The zero-order valence-electron chi connectivity index (χ0n) is 9.90. The van der Waals surface area contributed by atoms with E-state index in [1.807, 2.05) is 0 Å². The number of hydrogen-bond donors (Lipinski definition) is 1. The smallest absolute Gasteiger partial charge is 0.392 e. The summed E-state index contributed by atoms with van der Waals surface area (Å²) in [6, 6.07) is 4.01. The third kappa shape index (κ3) is 2.59. The third-order valence-corrected chi connectivity index (χ3v) is 3.04. The number of hydrogen-bond acceptors (Lipinski definition) is 3. The van der Waals surface area contributed by atoms with E-state index in [0.29, 0.717) is 5.75 Å². The number of rotatable bonds is 3. The highest BCUT2D eigenvalue weighted by Gasteiger charge is 2.45. The molecule has 0 aliphatic carbocycles. The molecule has 1 aliphatic rings. The summed E-state index contributed by atoms with van der Waals surface area (Å²) >= 11 is 0. The molecule has 0 unspecified atom stereocenters. The molecule has 2 rings (SSSR count). The molecule has 2 atom stereocenters. The van der Waals surface area contributed by atoms with Crippen molar-refractivity contribution in [3.63, 3.8) is 0 Å². The highest BCUT2D eigenvalue weighted by Crippen LogP contribution is 2.41. The molecule has 0 saturated carbocycles. The number of alkyl halides is 3. The third-order valence-electron chi connectivity index (χ3n) is 3.04. The number of fused-ring (bicyclic) bond motifs is 1. The van der Waals surface area contributed by atoms with Gasteiger partial charge in [-0.3, -0.25) is 4.79 Å². The van der Waals surface area contributed by atoms with Crippen LogP contribution in [-0.4, -0.2) is 24.0 Å². The zero-order valence-corrected chi connectivity index (χ0v) is 9.90. The van der Waals surface area contributed by atoms with Crippen LogP contribution in [0, 0.1) is 5.92 Å². The van der Waals surface area contributed by atoms with Crippen LogP contribution in [0.15, 0.2) is 18.2 Å². The lowest BCUT2D eigenvalue weighted by Gasteiger charge is -2.23. The summed E-state index contributed by atoms with van der Waals surface area (Å²) in [6.45, 7) is 0.828. The first-order valence-electron chi connectivity index (χ1n) is 5.50. The first-order chi connectivity index (χ1) is 8.80. The van der Waals surface area contributed by atoms with Crippen molar-refractivity contribution < 1.29 is 32.5 Å². The minimum atomic E-state index is -4.58. The first-order valence-corrected chi connectivity index (χ1v) is 5.50. The van der Waals surface area contributed by atoms with Crippen LogP contribution in [0.25, 0.3) is 0 Å². The van der Waals surface area contributed by atoms with Gasteiger partial charge in [0, 0.05) is 0 Å². The van der Waals surface area contributed by atoms with Gasteiger partial charge in [-0.15, -0.1) is 0 Å². The molecule has 19 heavy (non-hydrogen) atoms. The van der Waals surface area contributed by atoms with Gasteiger partial charge in [-0.2, -0.15) is 13.2 Å². The molecule has 0 saturated heterocycles. The predicted molar refractivity (Wildman–Crippen MR) is 58.2 cm³/mol. The molecule has 0 fully saturated rings. The van der Waals surface area contributed by atoms with Gasteiger partial charge in [0.2, 0.25) is 6.79 Å². The van der Waals surface area contributed by atoms with Crippen LogP contribution in [0.1, 0.15) is 18.4 Å². The number of carboxylic acid groups (broad SMARTS) is 1. The van der Waals surface area contributed by atoms with Crippen molar-refractivity contribution in [3.05, 3.63) is 23.8 Å². The monoisotopic (exact) mass is 276 g/mol. The Bertz CT molecular complexity index is 498. The minimum absolute atomic E-state index is 0.0225. The standard InChI is InChI=1S/C12H11F3O4/c1-6(12(13,14)15)10(11(16)17)7-2-3-8-9(4-7)19-5-18-8/h2-4,6,10H,5H2,1H3,(H,16,17)/t6-,10+/m1/s1. The van der Waals surface area contributed by atoms with E-state index in [1.54, 1.807) is 0 Å². The van der Waals surface area contributed by atoms with Gasteiger partial charge >= 0.3 is 12.1 Å². The van der Waals surface area contributed by atoms with Crippen LogP contribution in [0.3, 0.4) is 0 Å². The summed E-state index contributed by atoms with van der Waals surface area (Å²) in [5.74, 6) is -4.53. The van der Waals surface area contributed by atoms with Gasteiger partial charge in [0.25, 0.3) is 0 Å². The van der Waals surface area contributed by atoms with E-state index in [9.17, 15) is 18.0 Å². The maximum Gasteiger partial charge on any atom is 0.392 e. The number of benzene rings is 1. The topological polar surface area (TPSA) is 55.8 Å². The molecule has 0 spiro atoms. The average molecular weight is 276 g/mol. The van der Waals surface area contributed by atoms with E-state index in [-0.39, 0.29) is 18.1 Å². The number of halogens is 3. The largest absolute Gasteiger partial charge is 0.481 e. The Hall–Kier alpha value is -1.92. The summed E-state index contributed by atoms with van der Waals surface area (Å²) in [6.07, 6.45) is -4.58. The molecule has 1 aliphatic heterocycles. The average Bonchev–Trinajstić information content (AvgIpc) is 2.74. The molecular formula is C12H11F3O4. The lowest BCUT2D eigenvalue weighted by molar-refractivity contribution is -0.183. The van der Waals surface area contributed by atoms with Crippen molar-refractivity contribution in [2.24, 2.45) is 5.92 Å². The van der Waals surface area contributed by atoms with E-state index in [0.717, 1.165) is 6.92 Å². The van der Waals surface area contributed by atoms with Crippen molar-refractivity contribution in [2.75, 3.05) is 6.79 Å². The Kier molecular flexibility index (Phi) is 3.30. The normalized spacial score (nSPS) is 17.1. The summed E-state index contributed by atoms with van der Waals surface area (Å²) in [4.78, 5) is 11.1. The van der Waals surface area contributed by atoms with Crippen LogP contribution in [0.5, 0.6) is 11.5 Å². The minimum Gasteiger partial charge on any atom is -0.481 e. The van der Waals surface area contributed by atoms with Crippen molar-refractivity contribution >= 4 is 5.97 Å². The fourth-order valence-electron chi connectivity index (χ4n) is 1.94. The summed E-state index contributed by atoms with van der Waals surface area (Å²) in [5, 5.41) is 9.04. The number of carboxylic acids is 1. The molecule has 1 N–H and O–H groups in total. The molecule has 7 heteroatoms. The number of carbonyl (C=O) groups is 1. The first kappa shape index (κ1) is 13.5. The predicted octanol–water partition coefficient (Wildman–Crippen LogP) is 2.78. The molecule has 1 aromatic rings. The van der Waals surface area contributed by atoms with E-state index in [1.165, 1.54) is 18.2 Å². The van der Waals surface area contributed by atoms with E-state index < -0.39 is 24.0 Å². The second kappa shape index (κ2) is 4.64. The van der Waals surface area contributed by atoms with Crippen molar-refractivity contribution in [3.8, 4) is 11.5 Å². The highest BCUT2D eigenvalue weighted by molar-refractivity contribution is 5.77. The summed E-state index contributed by atoms with van der Waals surface area (Å²) in [7, 11) is 0. The fourth-order valence-corrected chi connectivity index (χ4v) is 1.94. The van der Waals surface area contributed by atoms with Crippen LogP contribution in [0.2, 0.25) is 0 Å². The Morgan fingerprint density at radius 1 is 1.32 bits per heavy atom. The highest BCUT2D eigenvalue weighted by atomic mass is 19.4. The molecular weight excluding hydrogens is 265 g/mol. The van der Waals surface area contributed by atoms with Crippen LogP contribution in [0.4, 0.5) is 13.2 Å². The van der Waals surface area contributed by atoms with E-state index in [4.69, 9.17) is 14.6 Å². The molecule has 1 aromatic carbocycles. The molecule has 0 radical (unpaired) electrons. The summed E-state index contributed by atoms with van der Waals surface area (Å²) in [5.41, 5.74) is 0.0431. The maximum absolute atomic E-state index is 12.7. The van der Waals surface area contributed by atoms with Crippen molar-refractivity contribution in [1.29, 1.82) is 0 Å². The van der Waals surface area contributed by atoms with Gasteiger partial charge < -0.3 is 14.6 Å². The van der Waals surface area contributed by atoms with E-state index >= 15 is 0 Å². The van der Waals surface area contributed by atoms with Gasteiger partial charge in [0.05, 0.1) is 11.8 Å². The molecule has 104 valence electrons. The van der Waals surface area contributed by atoms with Crippen LogP contribution < -0.4 is 9.47 Å². The molecule has 0 aromatic heterocycles. The molecule has 4 nitrogen and oxygen atoms in total. The maximum atomic E-state index is 12.7. The summed E-state index contributed by atoms with van der Waals surface area (Å²) < 4.78 is 48.2. The number of ether oxygens (including phenoxy) is 2.